The number of nitrogens with one attached hydrogen (secondary N) is 1. The molecule has 3 aromatic rings. The second-order valence-electron chi connectivity index (χ2n) is 8.43. The number of halogens is 1. The first kappa shape index (κ1) is 23.3. The van der Waals surface area contributed by atoms with Crippen molar-refractivity contribution < 1.29 is 23.0 Å². The Morgan fingerprint density at radius 1 is 1.12 bits per heavy atom. The number of sulfone groups is 1. The fraction of sp³-hybridized carbons (Fsp3) is 0.304. The maximum Gasteiger partial charge on any atom is 0.224 e. The number of benzene rings is 2. The SMILES string of the molecule is COc1cccc(S(=O)(=O)c2ccc3c(c2)C(Nc2ccnc(Cl)n2)C(C)(O)C(C)(C)O3)c1. The molecule has 2 N–H and O–H groups in total. The molecule has 2 atom stereocenters. The molecule has 33 heavy (non-hydrogen) atoms. The van der Waals surface area contributed by atoms with Crippen LogP contribution in [0.4, 0.5) is 5.82 Å². The molecule has 0 spiro atoms. The van der Waals surface area contributed by atoms with Crippen molar-refractivity contribution in [3.63, 3.8) is 0 Å². The Hall–Kier alpha value is -2.88. The Kier molecular flexibility index (Phi) is 5.76. The van der Waals surface area contributed by atoms with Gasteiger partial charge in [-0.1, -0.05) is 6.07 Å². The molecule has 1 aromatic heterocycles. The monoisotopic (exact) mass is 489 g/mol. The van der Waals surface area contributed by atoms with E-state index in [-0.39, 0.29) is 15.1 Å². The van der Waals surface area contributed by atoms with Crippen LogP contribution in [0.1, 0.15) is 32.4 Å². The van der Waals surface area contributed by atoms with Crippen LogP contribution in [0.2, 0.25) is 5.28 Å². The minimum Gasteiger partial charge on any atom is -0.497 e. The molecule has 1 aliphatic heterocycles. The number of aliphatic hydroxyl groups is 1. The Morgan fingerprint density at radius 3 is 2.55 bits per heavy atom. The van der Waals surface area contributed by atoms with Crippen LogP contribution in [0.25, 0.3) is 0 Å². The maximum atomic E-state index is 13.4. The van der Waals surface area contributed by atoms with E-state index in [1.807, 2.05) is 0 Å². The first-order valence-corrected chi connectivity index (χ1v) is 12.0. The molecule has 0 radical (unpaired) electrons. The lowest BCUT2D eigenvalue weighted by Gasteiger charge is -2.49. The van der Waals surface area contributed by atoms with Crippen LogP contribution >= 0.6 is 11.6 Å². The quantitative estimate of drug-likeness (QED) is 0.516. The normalized spacial score (nSPS) is 21.6. The van der Waals surface area contributed by atoms with Gasteiger partial charge in [-0.15, -0.1) is 0 Å². The molecular formula is C23H24ClN3O5S. The van der Waals surface area contributed by atoms with Gasteiger partial charge in [-0.3, -0.25) is 0 Å². The second-order valence-corrected chi connectivity index (χ2v) is 10.7. The molecule has 2 unspecified atom stereocenters. The summed E-state index contributed by atoms with van der Waals surface area (Å²) in [4.78, 5) is 8.18. The first-order chi connectivity index (χ1) is 15.5. The van der Waals surface area contributed by atoms with E-state index in [9.17, 15) is 13.5 Å². The van der Waals surface area contributed by atoms with Crippen molar-refractivity contribution >= 4 is 27.3 Å². The van der Waals surface area contributed by atoms with Crippen molar-refractivity contribution in [3.05, 3.63) is 65.6 Å². The zero-order valence-corrected chi connectivity index (χ0v) is 20.1. The number of aromatic nitrogens is 2. The van der Waals surface area contributed by atoms with Crippen LogP contribution in [0.5, 0.6) is 11.5 Å². The lowest BCUT2D eigenvalue weighted by molar-refractivity contribution is -0.128. The van der Waals surface area contributed by atoms with Crippen LogP contribution in [-0.4, -0.2) is 41.8 Å². The number of ether oxygens (including phenoxy) is 2. The molecule has 2 heterocycles. The van der Waals surface area contributed by atoms with Gasteiger partial charge in [-0.05, 0) is 74.8 Å². The largest absolute Gasteiger partial charge is 0.497 e. The Bertz CT molecular complexity index is 1310. The third-order valence-electron chi connectivity index (χ3n) is 6.02. The summed E-state index contributed by atoms with van der Waals surface area (Å²) >= 11 is 5.93. The van der Waals surface area contributed by atoms with E-state index >= 15 is 0 Å². The van der Waals surface area contributed by atoms with Crippen LogP contribution in [0, 0.1) is 0 Å². The summed E-state index contributed by atoms with van der Waals surface area (Å²) in [5, 5.41) is 14.7. The molecule has 4 rings (SSSR count). The molecule has 10 heteroatoms. The highest BCUT2D eigenvalue weighted by molar-refractivity contribution is 7.91. The van der Waals surface area contributed by atoms with E-state index in [1.165, 1.54) is 37.6 Å². The average molecular weight is 490 g/mol. The molecule has 0 fully saturated rings. The smallest absolute Gasteiger partial charge is 0.224 e. The molecule has 0 amide bonds. The summed E-state index contributed by atoms with van der Waals surface area (Å²) in [5.74, 6) is 1.26. The third kappa shape index (κ3) is 4.12. The standard InChI is InChI=1S/C23H24ClN3O5S/c1-22(2)23(3,28)20(26-19-10-11-25-21(24)27-19)17-13-16(8-9-18(17)32-22)33(29,30)15-7-5-6-14(12-15)31-4/h5-13,20,28H,1-4H3,(H,25,26,27). The Morgan fingerprint density at radius 2 is 1.85 bits per heavy atom. The first-order valence-electron chi connectivity index (χ1n) is 10.2. The van der Waals surface area contributed by atoms with Gasteiger partial charge in [-0.2, -0.15) is 0 Å². The number of rotatable bonds is 5. The number of hydrogen-bond acceptors (Lipinski definition) is 8. The number of anilines is 1. The molecule has 0 saturated heterocycles. The van der Waals surface area contributed by atoms with E-state index in [0.29, 0.717) is 22.9 Å². The van der Waals surface area contributed by atoms with Gasteiger partial charge in [0.25, 0.3) is 0 Å². The van der Waals surface area contributed by atoms with E-state index in [4.69, 9.17) is 21.1 Å². The van der Waals surface area contributed by atoms with Crippen molar-refractivity contribution in [2.45, 2.75) is 47.8 Å². The summed E-state index contributed by atoms with van der Waals surface area (Å²) in [5.41, 5.74) is -1.98. The molecular weight excluding hydrogens is 466 g/mol. The van der Waals surface area contributed by atoms with E-state index in [1.54, 1.807) is 45.0 Å². The summed E-state index contributed by atoms with van der Waals surface area (Å²) in [7, 11) is -2.39. The zero-order chi connectivity index (χ0) is 24.0. The van der Waals surface area contributed by atoms with E-state index in [2.05, 4.69) is 15.3 Å². The zero-order valence-electron chi connectivity index (χ0n) is 18.5. The second kappa shape index (κ2) is 8.16. The van der Waals surface area contributed by atoms with Gasteiger partial charge in [-0.25, -0.2) is 18.4 Å². The van der Waals surface area contributed by atoms with Crippen molar-refractivity contribution in [2.24, 2.45) is 0 Å². The summed E-state index contributed by atoms with van der Waals surface area (Å²) in [6, 6.07) is 11.7. The fourth-order valence-electron chi connectivity index (χ4n) is 3.73. The predicted octanol–water partition coefficient (Wildman–Crippen LogP) is 4.05. The number of methoxy groups -OCH3 is 1. The average Bonchev–Trinajstić information content (AvgIpc) is 2.76. The van der Waals surface area contributed by atoms with Crippen LogP contribution < -0.4 is 14.8 Å². The Balaban J connectivity index is 1.84. The van der Waals surface area contributed by atoms with E-state index < -0.39 is 27.1 Å². The highest BCUT2D eigenvalue weighted by atomic mass is 35.5. The van der Waals surface area contributed by atoms with Crippen LogP contribution in [-0.2, 0) is 9.84 Å². The molecule has 0 bridgehead atoms. The molecule has 0 aliphatic carbocycles. The van der Waals surface area contributed by atoms with Gasteiger partial charge in [0, 0.05) is 11.8 Å². The van der Waals surface area contributed by atoms with Crippen LogP contribution in [0.3, 0.4) is 0 Å². The number of hydrogen-bond donors (Lipinski definition) is 2. The minimum absolute atomic E-state index is 0.0422. The van der Waals surface area contributed by atoms with Gasteiger partial charge in [0.1, 0.15) is 28.5 Å². The summed E-state index contributed by atoms with van der Waals surface area (Å²) in [6.45, 7) is 5.15. The molecule has 8 nitrogen and oxygen atoms in total. The minimum atomic E-state index is -3.87. The molecule has 174 valence electrons. The topological polar surface area (TPSA) is 111 Å². The Labute approximate surface area is 197 Å². The maximum absolute atomic E-state index is 13.4. The lowest BCUT2D eigenvalue weighted by Crippen LogP contribution is -2.60. The van der Waals surface area contributed by atoms with Gasteiger partial charge in [0.05, 0.1) is 22.9 Å². The van der Waals surface area contributed by atoms with Gasteiger partial charge >= 0.3 is 0 Å². The van der Waals surface area contributed by atoms with Gasteiger partial charge in [0.15, 0.2) is 0 Å². The molecule has 1 aliphatic rings. The predicted molar refractivity (Wildman–Crippen MR) is 124 cm³/mol. The van der Waals surface area contributed by atoms with Crippen molar-refractivity contribution in [2.75, 3.05) is 12.4 Å². The molecule has 2 aromatic carbocycles. The van der Waals surface area contributed by atoms with Crippen molar-refractivity contribution in [1.82, 2.24) is 9.97 Å². The third-order valence-corrected chi connectivity index (χ3v) is 7.95. The van der Waals surface area contributed by atoms with E-state index in [0.717, 1.165) is 0 Å². The fourth-order valence-corrected chi connectivity index (χ4v) is 5.20. The van der Waals surface area contributed by atoms with Crippen molar-refractivity contribution in [3.8, 4) is 11.5 Å². The summed E-state index contributed by atoms with van der Waals surface area (Å²) in [6.07, 6.45) is 1.49. The summed E-state index contributed by atoms with van der Waals surface area (Å²) < 4.78 is 38.0. The highest BCUT2D eigenvalue weighted by Gasteiger charge is 2.53. The molecule has 0 saturated carbocycles. The highest BCUT2D eigenvalue weighted by Crippen LogP contribution is 2.48. The van der Waals surface area contributed by atoms with Crippen LogP contribution in [0.15, 0.2) is 64.5 Å². The van der Waals surface area contributed by atoms with Gasteiger partial charge in [0.2, 0.25) is 15.1 Å². The van der Waals surface area contributed by atoms with Gasteiger partial charge < -0.3 is 19.9 Å². The van der Waals surface area contributed by atoms with Crippen molar-refractivity contribution in [1.29, 1.82) is 0 Å². The lowest BCUT2D eigenvalue weighted by atomic mass is 9.75. The number of fused-ring (bicyclic) bond motifs is 1. The number of nitrogens with zero attached hydrogens (tertiary/aromatic N) is 2.